The van der Waals surface area contributed by atoms with Crippen molar-refractivity contribution in [3.05, 3.63) is 71.4 Å². The summed E-state index contributed by atoms with van der Waals surface area (Å²) in [6.07, 6.45) is 2.04. The molecule has 25 heavy (non-hydrogen) atoms. The van der Waals surface area contributed by atoms with Crippen LogP contribution in [0.4, 0.5) is 5.69 Å². The first kappa shape index (κ1) is 17.5. The van der Waals surface area contributed by atoms with Crippen LogP contribution in [0.3, 0.4) is 0 Å². The third kappa shape index (κ3) is 4.03. The molecule has 3 rings (SSSR count). The van der Waals surface area contributed by atoms with Gasteiger partial charge in [0.25, 0.3) is 5.91 Å². The van der Waals surface area contributed by atoms with E-state index in [1.165, 1.54) is 4.90 Å². The van der Waals surface area contributed by atoms with Gasteiger partial charge in [0.05, 0.1) is 11.6 Å². The first-order valence-electron chi connectivity index (χ1n) is 7.87. The lowest BCUT2D eigenvalue weighted by molar-refractivity contribution is -0.113. The third-order valence-corrected chi connectivity index (χ3v) is 4.96. The van der Waals surface area contributed by atoms with Crippen molar-refractivity contribution in [2.24, 2.45) is 0 Å². The number of allylic oxidation sites excluding steroid dienone is 1. The molecule has 0 saturated heterocycles. The Morgan fingerprint density at radius 1 is 1.12 bits per heavy atom. The molecule has 2 aromatic carbocycles. The largest absolute Gasteiger partial charge is 0.351 e. The Morgan fingerprint density at radius 2 is 1.80 bits per heavy atom. The Labute approximate surface area is 157 Å². The number of benzene rings is 2. The van der Waals surface area contributed by atoms with E-state index in [0.717, 1.165) is 16.9 Å². The Morgan fingerprint density at radius 3 is 2.44 bits per heavy atom. The highest BCUT2D eigenvalue weighted by Crippen LogP contribution is 2.29. The minimum atomic E-state index is -0.284. The Balaban J connectivity index is 1.93. The van der Waals surface area contributed by atoms with E-state index < -0.39 is 0 Å². The zero-order chi connectivity index (χ0) is 17.8. The van der Waals surface area contributed by atoms with Crippen LogP contribution in [0.25, 0.3) is 0 Å². The molecule has 0 radical (unpaired) electrons. The number of carbonyl (C=O) groups is 1. The molecule has 1 unspecified atom stereocenters. The zero-order valence-electron chi connectivity index (χ0n) is 14.0. The maximum Gasteiger partial charge on any atom is 0.255 e. The summed E-state index contributed by atoms with van der Waals surface area (Å²) in [6.45, 7) is 1.87. The maximum atomic E-state index is 12.9. The van der Waals surface area contributed by atoms with Gasteiger partial charge in [0.2, 0.25) is 0 Å². The van der Waals surface area contributed by atoms with Crippen molar-refractivity contribution in [1.82, 2.24) is 10.6 Å². The van der Waals surface area contributed by atoms with Crippen LogP contribution in [-0.2, 0) is 4.79 Å². The first-order chi connectivity index (χ1) is 12.1. The van der Waals surface area contributed by atoms with Crippen LogP contribution in [0, 0.1) is 0 Å². The number of thioether (sulfide) groups is 1. The molecule has 0 aliphatic carbocycles. The molecule has 0 spiro atoms. The molecule has 4 nitrogen and oxygen atoms in total. The van der Waals surface area contributed by atoms with Gasteiger partial charge >= 0.3 is 0 Å². The first-order valence-corrected chi connectivity index (χ1v) is 9.50. The predicted octanol–water partition coefficient (Wildman–Crippen LogP) is 3.84. The van der Waals surface area contributed by atoms with Gasteiger partial charge in [-0.2, -0.15) is 0 Å². The molecule has 3 N–H and O–H groups in total. The fourth-order valence-electron chi connectivity index (χ4n) is 2.76. The van der Waals surface area contributed by atoms with Crippen LogP contribution < -0.4 is 16.0 Å². The predicted molar refractivity (Wildman–Crippen MR) is 108 cm³/mol. The molecule has 0 aromatic heterocycles. The van der Waals surface area contributed by atoms with Gasteiger partial charge < -0.3 is 16.0 Å². The molecule has 1 aliphatic heterocycles. The number of hydrogen-bond acceptors (Lipinski definition) is 3. The van der Waals surface area contributed by atoms with Crippen molar-refractivity contribution in [2.45, 2.75) is 17.9 Å². The number of rotatable bonds is 4. The molecule has 1 heterocycles. The highest BCUT2D eigenvalue weighted by atomic mass is 32.2. The SMILES string of the molecule is CSc1ccc(C2NC(=S)NC(C)=C2C(=O)Nc2ccccc2)cc1. The average molecular weight is 370 g/mol. The van der Waals surface area contributed by atoms with E-state index in [1.807, 2.05) is 55.6 Å². The summed E-state index contributed by atoms with van der Waals surface area (Å²) in [7, 11) is 0. The summed E-state index contributed by atoms with van der Waals surface area (Å²) in [5.74, 6) is -0.148. The number of nitrogens with one attached hydrogen (secondary N) is 3. The summed E-state index contributed by atoms with van der Waals surface area (Å²) in [4.78, 5) is 14.1. The summed E-state index contributed by atoms with van der Waals surface area (Å²) >= 11 is 6.97. The highest BCUT2D eigenvalue weighted by Gasteiger charge is 2.29. The van der Waals surface area contributed by atoms with Crippen molar-refractivity contribution in [3.63, 3.8) is 0 Å². The number of para-hydroxylation sites is 1. The molecule has 1 atom stereocenters. The topological polar surface area (TPSA) is 53.2 Å². The second-order valence-electron chi connectivity index (χ2n) is 5.66. The van der Waals surface area contributed by atoms with Crippen LogP contribution >= 0.6 is 24.0 Å². The Bertz CT molecular complexity index is 816. The monoisotopic (exact) mass is 369 g/mol. The van der Waals surface area contributed by atoms with E-state index in [4.69, 9.17) is 12.2 Å². The lowest BCUT2D eigenvalue weighted by Gasteiger charge is -2.30. The summed E-state index contributed by atoms with van der Waals surface area (Å²) in [5.41, 5.74) is 3.15. The second-order valence-corrected chi connectivity index (χ2v) is 6.95. The number of carbonyl (C=O) groups excluding carboxylic acids is 1. The number of hydrogen-bond donors (Lipinski definition) is 3. The normalized spacial score (nSPS) is 16.9. The molecular formula is C19H19N3OS2. The Kier molecular flexibility index (Phi) is 5.40. The van der Waals surface area contributed by atoms with Crippen molar-refractivity contribution in [3.8, 4) is 0 Å². The van der Waals surface area contributed by atoms with Crippen LogP contribution in [-0.4, -0.2) is 17.3 Å². The third-order valence-electron chi connectivity index (χ3n) is 3.99. The van der Waals surface area contributed by atoms with Crippen molar-refractivity contribution in [2.75, 3.05) is 11.6 Å². The molecular weight excluding hydrogens is 350 g/mol. The standard InChI is InChI=1S/C19H19N3OS2/c1-12-16(18(23)21-14-6-4-3-5-7-14)17(22-19(24)20-12)13-8-10-15(25-2)11-9-13/h3-11,17H,1-2H3,(H,21,23)(H2,20,22,24). The number of anilines is 1. The molecule has 128 valence electrons. The van der Waals surface area contributed by atoms with Gasteiger partial charge in [-0.15, -0.1) is 11.8 Å². The van der Waals surface area contributed by atoms with Gasteiger partial charge in [-0.05, 0) is 55.2 Å². The van der Waals surface area contributed by atoms with Gasteiger partial charge in [-0.1, -0.05) is 30.3 Å². The van der Waals surface area contributed by atoms with Gasteiger partial charge in [0.15, 0.2) is 5.11 Å². The fourth-order valence-corrected chi connectivity index (χ4v) is 3.44. The summed E-state index contributed by atoms with van der Waals surface area (Å²) in [5, 5.41) is 9.74. The Hall–Kier alpha value is -2.31. The zero-order valence-corrected chi connectivity index (χ0v) is 15.6. The summed E-state index contributed by atoms with van der Waals surface area (Å²) < 4.78 is 0. The van der Waals surface area contributed by atoms with Crippen LogP contribution in [0.5, 0.6) is 0 Å². The van der Waals surface area contributed by atoms with E-state index in [0.29, 0.717) is 10.7 Å². The second kappa shape index (κ2) is 7.72. The van der Waals surface area contributed by atoms with E-state index in [-0.39, 0.29) is 11.9 Å². The van der Waals surface area contributed by atoms with E-state index in [9.17, 15) is 4.79 Å². The van der Waals surface area contributed by atoms with Crippen molar-refractivity contribution >= 4 is 40.7 Å². The highest BCUT2D eigenvalue weighted by molar-refractivity contribution is 7.98. The maximum absolute atomic E-state index is 12.9. The lowest BCUT2D eigenvalue weighted by Crippen LogP contribution is -2.45. The van der Waals surface area contributed by atoms with Gasteiger partial charge in [-0.3, -0.25) is 4.79 Å². The number of thiocarbonyl (C=S) groups is 1. The quantitative estimate of drug-likeness (QED) is 0.565. The molecule has 2 aromatic rings. The smallest absolute Gasteiger partial charge is 0.255 e. The van der Waals surface area contributed by atoms with Crippen molar-refractivity contribution in [1.29, 1.82) is 0 Å². The molecule has 0 saturated carbocycles. The molecule has 0 fully saturated rings. The van der Waals surface area contributed by atoms with Crippen LogP contribution in [0.15, 0.2) is 70.8 Å². The minimum absolute atomic E-state index is 0.148. The molecule has 0 bridgehead atoms. The minimum Gasteiger partial charge on any atom is -0.351 e. The molecule has 1 amide bonds. The average Bonchev–Trinajstić information content (AvgIpc) is 2.62. The van der Waals surface area contributed by atoms with Crippen LogP contribution in [0.2, 0.25) is 0 Å². The molecule has 6 heteroatoms. The molecule has 1 aliphatic rings. The fraction of sp³-hybridized carbons (Fsp3) is 0.158. The van der Waals surface area contributed by atoms with Crippen molar-refractivity contribution < 1.29 is 4.79 Å². The number of amides is 1. The van der Waals surface area contributed by atoms with E-state index >= 15 is 0 Å². The summed E-state index contributed by atoms with van der Waals surface area (Å²) in [6, 6.07) is 17.3. The van der Waals surface area contributed by atoms with Gasteiger partial charge in [0.1, 0.15) is 0 Å². The van der Waals surface area contributed by atoms with E-state index in [1.54, 1.807) is 11.8 Å². The van der Waals surface area contributed by atoms with Gasteiger partial charge in [-0.25, -0.2) is 0 Å². The van der Waals surface area contributed by atoms with Gasteiger partial charge in [0, 0.05) is 16.3 Å². The van der Waals surface area contributed by atoms with Crippen LogP contribution in [0.1, 0.15) is 18.5 Å². The van der Waals surface area contributed by atoms with E-state index in [2.05, 4.69) is 28.1 Å². The lowest BCUT2D eigenvalue weighted by atomic mass is 9.95.